The molecule has 1 heterocycles. The van der Waals surface area contributed by atoms with Crippen molar-refractivity contribution in [2.45, 2.75) is 45.3 Å². The van der Waals surface area contributed by atoms with E-state index in [1.165, 1.54) is 11.1 Å². The van der Waals surface area contributed by atoms with Gasteiger partial charge in [0.2, 0.25) is 0 Å². The molecule has 2 rings (SSSR count). The first kappa shape index (κ1) is 15.8. The van der Waals surface area contributed by atoms with Crippen LogP contribution in [0.15, 0.2) is 16.6 Å². The number of fused-ring (bicyclic) bond motifs is 1. The molecule has 1 aromatic carbocycles. The smallest absolute Gasteiger partial charge is 0.125 e. The molecule has 1 N–H and O–H groups in total. The summed E-state index contributed by atoms with van der Waals surface area (Å²) in [5.41, 5.74) is 2.62. The van der Waals surface area contributed by atoms with E-state index in [1.54, 1.807) is 7.11 Å². The first-order valence-corrected chi connectivity index (χ1v) is 8.13. The van der Waals surface area contributed by atoms with Crippen molar-refractivity contribution in [2.75, 3.05) is 20.3 Å². The van der Waals surface area contributed by atoms with Gasteiger partial charge >= 0.3 is 0 Å². The highest BCUT2D eigenvalue weighted by Crippen LogP contribution is 2.34. The standard InChI is InChI=1S/C16H24BrNO2/c1-4-18-15(7-11(2)19-3)10-13-9-14(17)8-12-5-6-20-16(12)13/h8-9,11,15,18H,4-7,10H2,1-3H3. The molecule has 1 aliphatic heterocycles. The molecule has 0 fully saturated rings. The van der Waals surface area contributed by atoms with Crippen molar-refractivity contribution in [1.82, 2.24) is 5.32 Å². The number of nitrogens with one attached hydrogen (secondary N) is 1. The van der Waals surface area contributed by atoms with Crippen LogP contribution in [-0.2, 0) is 17.6 Å². The zero-order valence-corrected chi connectivity index (χ0v) is 14.1. The highest BCUT2D eigenvalue weighted by atomic mass is 79.9. The number of ether oxygens (including phenoxy) is 2. The van der Waals surface area contributed by atoms with Gasteiger partial charge in [-0.15, -0.1) is 0 Å². The largest absolute Gasteiger partial charge is 0.493 e. The van der Waals surface area contributed by atoms with Crippen LogP contribution in [0, 0.1) is 0 Å². The summed E-state index contributed by atoms with van der Waals surface area (Å²) in [6.07, 6.45) is 3.26. The Morgan fingerprint density at radius 2 is 2.25 bits per heavy atom. The number of rotatable bonds is 7. The molecule has 0 saturated heterocycles. The molecule has 3 nitrogen and oxygen atoms in total. The molecule has 0 radical (unpaired) electrons. The maximum atomic E-state index is 5.82. The van der Waals surface area contributed by atoms with Gasteiger partial charge in [-0.25, -0.2) is 0 Å². The molecular weight excluding hydrogens is 318 g/mol. The van der Waals surface area contributed by atoms with Gasteiger partial charge in [0, 0.05) is 24.0 Å². The topological polar surface area (TPSA) is 30.5 Å². The van der Waals surface area contributed by atoms with E-state index in [0.717, 1.165) is 42.6 Å². The Morgan fingerprint density at radius 3 is 2.95 bits per heavy atom. The fourth-order valence-electron chi connectivity index (χ4n) is 2.79. The van der Waals surface area contributed by atoms with Gasteiger partial charge in [0.05, 0.1) is 12.7 Å². The van der Waals surface area contributed by atoms with Crippen LogP contribution in [0.1, 0.15) is 31.4 Å². The van der Waals surface area contributed by atoms with Crippen molar-refractivity contribution >= 4 is 15.9 Å². The van der Waals surface area contributed by atoms with Crippen LogP contribution in [0.2, 0.25) is 0 Å². The molecule has 0 aliphatic carbocycles. The highest BCUT2D eigenvalue weighted by molar-refractivity contribution is 9.10. The van der Waals surface area contributed by atoms with E-state index in [-0.39, 0.29) is 6.10 Å². The van der Waals surface area contributed by atoms with Gasteiger partial charge in [-0.3, -0.25) is 0 Å². The third-order valence-corrected chi connectivity index (χ3v) is 4.26. The Bertz CT molecular complexity index is 450. The van der Waals surface area contributed by atoms with E-state index in [2.05, 4.69) is 47.2 Å². The van der Waals surface area contributed by atoms with E-state index in [4.69, 9.17) is 9.47 Å². The first-order chi connectivity index (χ1) is 9.63. The second-order valence-electron chi connectivity index (χ2n) is 5.39. The fourth-order valence-corrected chi connectivity index (χ4v) is 3.34. The van der Waals surface area contributed by atoms with Crippen LogP contribution in [0.25, 0.3) is 0 Å². The molecule has 0 bridgehead atoms. The van der Waals surface area contributed by atoms with Gasteiger partial charge in [0.15, 0.2) is 0 Å². The minimum Gasteiger partial charge on any atom is -0.493 e. The van der Waals surface area contributed by atoms with Crippen molar-refractivity contribution in [3.63, 3.8) is 0 Å². The SMILES string of the molecule is CCNC(Cc1cc(Br)cc2c1OCC2)CC(C)OC. The van der Waals surface area contributed by atoms with Crippen LogP contribution >= 0.6 is 15.9 Å². The van der Waals surface area contributed by atoms with Gasteiger partial charge in [0.25, 0.3) is 0 Å². The van der Waals surface area contributed by atoms with Crippen LogP contribution in [-0.4, -0.2) is 32.4 Å². The lowest BCUT2D eigenvalue weighted by molar-refractivity contribution is 0.100. The summed E-state index contributed by atoms with van der Waals surface area (Å²) in [5, 5.41) is 3.56. The normalized spacial score (nSPS) is 16.6. The van der Waals surface area contributed by atoms with E-state index in [1.807, 2.05) is 0 Å². The van der Waals surface area contributed by atoms with Crippen LogP contribution in [0.4, 0.5) is 0 Å². The number of halogens is 1. The van der Waals surface area contributed by atoms with Crippen LogP contribution < -0.4 is 10.1 Å². The zero-order valence-electron chi connectivity index (χ0n) is 12.5. The van der Waals surface area contributed by atoms with Crippen molar-refractivity contribution in [2.24, 2.45) is 0 Å². The number of hydrogen-bond donors (Lipinski definition) is 1. The molecule has 0 amide bonds. The van der Waals surface area contributed by atoms with Gasteiger partial charge in [-0.1, -0.05) is 22.9 Å². The summed E-state index contributed by atoms with van der Waals surface area (Å²) < 4.78 is 12.4. The van der Waals surface area contributed by atoms with E-state index in [0.29, 0.717) is 6.04 Å². The van der Waals surface area contributed by atoms with Gasteiger partial charge < -0.3 is 14.8 Å². The highest BCUT2D eigenvalue weighted by Gasteiger charge is 2.21. The molecule has 0 saturated carbocycles. The molecular formula is C16H24BrNO2. The molecule has 112 valence electrons. The van der Waals surface area contributed by atoms with Crippen molar-refractivity contribution in [3.8, 4) is 5.75 Å². The average Bonchev–Trinajstić information content (AvgIpc) is 2.86. The molecule has 1 aliphatic rings. The summed E-state index contributed by atoms with van der Waals surface area (Å²) in [7, 11) is 1.77. The lowest BCUT2D eigenvalue weighted by Crippen LogP contribution is -2.34. The van der Waals surface area contributed by atoms with Gasteiger partial charge in [-0.05, 0) is 49.6 Å². The summed E-state index contributed by atoms with van der Waals surface area (Å²) in [4.78, 5) is 0. The summed E-state index contributed by atoms with van der Waals surface area (Å²) in [6, 6.07) is 4.77. The van der Waals surface area contributed by atoms with Gasteiger partial charge in [0.1, 0.15) is 5.75 Å². The number of likely N-dealkylation sites (N-methyl/N-ethyl adjacent to an activating group) is 1. The van der Waals surface area contributed by atoms with Crippen molar-refractivity contribution in [1.29, 1.82) is 0 Å². The minimum absolute atomic E-state index is 0.264. The maximum Gasteiger partial charge on any atom is 0.125 e. The molecule has 2 unspecified atom stereocenters. The van der Waals surface area contributed by atoms with E-state index in [9.17, 15) is 0 Å². The Kier molecular flexibility index (Phi) is 5.87. The Morgan fingerprint density at radius 1 is 1.45 bits per heavy atom. The van der Waals surface area contributed by atoms with Crippen LogP contribution in [0.3, 0.4) is 0 Å². The minimum atomic E-state index is 0.264. The number of benzene rings is 1. The first-order valence-electron chi connectivity index (χ1n) is 7.34. The predicted molar refractivity (Wildman–Crippen MR) is 85.6 cm³/mol. The Hall–Kier alpha value is -0.580. The maximum absolute atomic E-state index is 5.82. The second kappa shape index (κ2) is 7.43. The van der Waals surface area contributed by atoms with Crippen molar-refractivity contribution < 1.29 is 9.47 Å². The molecule has 0 spiro atoms. The predicted octanol–water partition coefficient (Wildman–Crippen LogP) is 3.33. The third-order valence-electron chi connectivity index (χ3n) is 3.80. The lowest BCUT2D eigenvalue weighted by atomic mass is 9.98. The average molecular weight is 342 g/mol. The molecule has 1 aromatic rings. The third kappa shape index (κ3) is 3.96. The monoisotopic (exact) mass is 341 g/mol. The quantitative estimate of drug-likeness (QED) is 0.825. The second-order valence-corrected chi connectivity index (χ2v) is 6.31. The van der Waals surface area contributed by atoms with E-state index < -0.39 is 0 Å². The molecule has 4 heteroatoms. The number of methoxy groups -OCH3 is 1. The molecule has 2 atom stereocenters. The van der Waals surface area contributed by atoms with Gasteiger partial charge in [-0.2, -0.15) is 0 Å². The zero-order chi connectivity index (χ0) is 14.5. The van der Waals surface area contributed by atoms with Crippen molar-refractivity contribution in [3.05, 3.63) is 27.7 Å². The lowest BCUT2D eigenvalue weighted by Gasteiger charge is -2.22. The van der Waals surface area contributed by atoms with E-state index >= 15 is 0 Å². The summed E-state index contributed by atoms with van der Waals surface area (Å²) in [6.45, 7) is 6.04. The van der Waals surface area contributed by atoms with Crippen LogP contribution in [0.5, 0.6) is 5.75 Å². The summed E-state index contributed by atoms with van der Waals surface area (Å²) in [5.74, 6) is 1.10. The Balaban J connectivity index is 2.14. The molecule has 0 aromatic heterocycles. The number of hydrogen-bond acceptors (Lipinski definition) is 3. The Labute approximate surface area is 130 Å². The summed E-state index contributed by atoms with van der Waals surface area (Å²) >= 11 is 3.61. The fraction of sp³-hybridized carbons (Fsp3) is 0.625. The molecule has 20 heavy (non-hydrogen) atoms.